The molecule has 0 N–H and O–H groups in total. The second-order valence-corrected chi connectivity index (χ2v) is 8.34. The molecule has 1 aliphatic carbocycles. The summed E-state index contributed by atoms with van der Waals surface area (Å²) in [6.07, 6.45) is 2.64. The lowest BCUT2D eigenvalue weighted by molar-refractivity contribution is -0.578. The summed E-state index contributed by atoms with van der Waals surface area (Å²) in [7, 11) is 0. The van der Waals surface area contributed by atoms with Crippen LogP contribution in [0.5, 0.6) is 0 Å². The number of carbonyl (C=O) groups excluding carboxylic acids is 1. The minimum atomic E-state index is -0.784. The highest BCUT2D eigenvalue weighted by atomic mass is 17.3. The van der Waals surface area contributed by atoms with E-state index in [2.05, 4.69) is 6.92 Å². The fourth-order valence-electron chi connectivity index (χ4n) is 5.75. The van der Waals surface area contributed by atoms with E-state index in [1.807, 2.05) is 13.8 Å². The number of rotatable bonds is 0. The van der Waals surface area contributed by atoms with E-state index in [-0.39, 0.29) is 24.2 Å². The molecule has 6 rings (SSSR count). The average Bonchev–Trinajstić information content (AvgIpc) is 2.67. The van der Waals surface area contributed by atoms with Gasteiger partial charge in [-0.2, -0.15) is 0 Å². The van der Waals surface area contributed by atoms with E-state index in [1.165, 1.54) is 0 Å². The highest BCUT2D eigenvalue weighted by Crippen LogP contribution is 2.64. The van der Waals surface area contributed by atoms with Gasteiger partial charge in [0.15, 0.2) is 24.0 Å². The molecular weight excluding hydrogens is 300 g/mol. The molecule has 0 aromatic carbocycles. The van der Waals surface area contributed by atoms with Gasteiger partial charge in [-0.1, -0.05) is 6.92 Å². The van der Waals surface area contributed by atoms with Crippen LogP contribution >= 0.6 is 0 Å². The molecule has 6 aliphatic rings. The van der Waals surface area contributed by atoms with Crippen molar-refractivity contribution in [1.82, 2.24) is 0 Å². The summed E-state index contributed by atoms with van der Waals surface area (Å²) in [6, 6.07) is 0. The summed E-state index contributed by atoms with van der Waals surface area (Å²) >= 11 is 0. The SMILES string of the molecule is C[C@@H]1CC[C@H]2[C@@]3(C)C(=O)CO[C@H]3O[C@@H]3O[C@@]4(C)CC[C@@H]1[C@]32OO4. The Hall–Kier alpha value is -0.530. The van der Waals surface area contributed by atoms with E-state index in [4.69, 9.17) is 24.0 Å². The van der Waals surface area contributed by atoms with Crippen molar-refractivity contribution in [3.8, 4) is 0 Å². The molecule has 128 valence electrons. The highest BCUT2D eigenvalue weighted by molar-refractivity contribution is 5.88. The predicted molar refractivity (Wildman–Crippen MR) is 76.7 cm³/mol. The fourth-order valence-corrected chi connectivity index (χ4v) is 5.75. The molecule has 2 bridgehead atoms. The largest absolute Gasteiger partial charge is 0.344 e. The molecule has 1 spiro atoms. The van der Waals surface area contributed by atoms with Crippen molar-refractivity contribution in [3.63, 3.8) is 0 Å². The molecule has 0 aromatic rings. The van der Waals surface area contributed by atoms with Gasteiger partial charge < -0.3 is 14.2 Å². The van der Waals surface area contributed by atoms with Crippen molar-refractivity contribution in [2.75, 3.05) is 6.61 Å². The minimum absolute atomic E-state index is 0.00222. The summed E-state index contributed by atoms with van der Waals surface area (Å²) < 4.78 is 18.0. The number of fused-ring (bicyclic) bond motifs is 4. The topological polar surface area (TPSA) is 63.2 Å². The van der Waals surface area contributed by atoms with Crippen LogP contribution in [0.15, 0.2) is 0 Å². The molecule has 5 saturated heterocycles. The number of Topliss-reactive ketones (excluding diaryl/α,β-unsaturated/α-hetero) is 1. The Bertz CT molecular complexity index is 565. The van der Waals surface area contributed by atoms with Crippen LogP contribution in [0.2, 0.25) is 0 Å². The molecule has 1 saturated carbocycles. The zero-order valence-corrected chi connectivity index (χ0v) is 13.9. The van der Waals surface area contributed by atoms with Gasteiger partial charge in [0.2, 0.25) is 5.79 Å². The Morgan fingerprint density at radius 3 is 2.74 bits per heavy atom. The van der Waals surface area contributed by atoms with E-state index >= 15 is 0 Å². The van der Waals surface area contributed by atoms with E-state index in [0.29, 0.717) is 5.92 Å². The standard InChI is InChI=1S/C17H24O6/c1-9-4-5-11-16(3)12(18)8-19-13(16)20-14-17(11)10(9)6-7-15(2,21-14)22-23-17/h9-11,13-14H,4-8H2,1-3H3/t9-,10+,11+,13+,14-,15-,16+,17-/m1/s1. The van der Waals surface area contributed by atoms with Crippen molar-refractivity contribution in [2.24, 2.45) is 23.2 Å². The molecule has 0 radical (unpaired) electrons. The Kier molecular flexibility index (Phi) is 2.80. The third kappa shape index (κ3) is 1.59. The summed E-state index contributed by atoms with van der Waals surface area (Å²) in [5.41, 5.74) is -1.39. The van der Waals surface area contributed by atoms with Gasteiger partial charge in [0, 0.05) is 12.3 Å². The Morgan fingerprint density at radius 1 is 1.09 bits per heavy atom. The monoisotopic (exact) mass is 324 g/mol. The van der Waals surface area contributed by atoms with E-state index in [1.54, 1.807) is 0 Å². The molecule has 6 fully saturated rings. The first-order valence-electron chi connectivity index (χ1n) is 8.75. The molecule has 5 heterocycles. The molecule has 23 heavy (non-hydrogen) atoms. The van der Waals surface area contributed by atoms with Gasteiger partial charge in [-0.05, 0) is 44.9 Å². The van der Waals surface area contributed by atoms with Crippen LogP contribution in [0.4, 0.5) is 0 Å². The van der Waals surface area contributed by atoms with Gasteiger partial charge in [-0.25, -0.2) is 9.78 Å². The molecule has 8 atom stereocenters. The first kappa shape index (κ1) is 14.8. The lowest BCUT2D eigenvalue weighted by atomic mass is 9.53. The highest BCUT2D eigenvalue weighted by Gasteiger charge is 2.75. The number of carbonyl (C=O) groups is 1. The Labute approximate surface area is 135 Å². The molecule has 0 unspecified atom stereocenters. The summed E-state index contributed by atoms with van der Waals surface area (Å²) in [5.74, 6) is 0.0742. The zero-order valence-electron chi connectivity index (χ0n) is 13.9. The van der Waals surface area contributed by atoms with Crippen LogP contribution in [0, 0.1) is 23.2 Å². The predicted octanol–water partition coefficient (Wildman–Crippen LogP) is 2.16. The van der Waals surface area contributed by atoms with E-state index < -0.39 is 29.4 Å². The Morgan fingerprint density at radius 2 is 1.91 bits per heavy atom. The van der Waals surface area contributed by atoms with Crippen molar-refractivity contribution in [2.45, 2.75) is 70.4 Å². The van der Waals surface area contributed by atoms with Crippen molar-refractivity contribution < 1.29 is 28.8 Å². The van der Waals surface area contributed by atoms with Gasteiger partial charge >= 0.3 is 0 Å². The maximum Gasteiger partial charge on any atom is 0.201 e. The number of hydrogen-bond donors (Lipinski definition) is 0. The Balaban J connectivity index is 1.68. The van der Waals surface area contributed by atoms with E-state index in [0.717, 1.165) is 25.7 Å². The first-order chi connectivity index (χ1) is 10.9. The van der Waals surface area contributed by atoms with Crippen LogP contribution in [0.25, 0.3) is 0 Å². The van der Waals surface area contributed by atoms with Crippen molar-refractivity contribution >= 4 is 5.78 Å². The molecule has 6 heteroatoms. The third-order valence-electron chi connectivity index (χ3n) is 7.15. The minimum Gasteiger partial charge on any atom is -0.344 e. The van der Waals surface area contributed by atoms with Crippen molar-refractivity contribution in [1.29, 1.82) is 0 Å². The second kappa shape index (κ2) is 4.35. The van der Waals surface area contributed by atoms with Crippen LogP contribution in [0.1, 0.15) is 46.5 Å². The third-order valence-corrected chi connectivity index (χ3v) is 7.15. The van der Waals surface area contributed by atoms with Gasteiger partial charge in [0.05, 0.1) is 5.41 Å². The van der Waals surface area contributed by atoms with E-state index in [9.17, 15) is 4.79 Å². The molecular formula is C17H24O6. The molecule has 0 amide bonds. The summed E-state index contributed by atoms with van der Waals surface area (Å²) in [5, 5.41) is 0. The van der Waals surface area contributed by atoms with Gasteiger partial charge in [0.25, 0.3) is 0 Å². The lowest BCUT2D eigenvalue weighted by Crippen LogP contribution is -2.73. The fraction of sp³-hybridized carbons (Fsp3) is 0.941. The maximum atomic E-state index is 12.7. The van der Waals surface area contributed by atoms with Crippen molar-refractivity contribution in [3.05, 3.63) is 0 Å². The maximum absolute atomic E-state index is 12.7. The van der Waals surface area contributed by atoms with Gasteiger partial charge in [-0.15, -0.1) is 0 Å². The average molecular weight is 324 g/mol. The summed E-state index contributed by atoms with van der Waals surface area (Å²) in [6.45, 7) is 6.24. The smallest absolute Gasteiger partial charge is 0.201 e. The lowest BCUT2D eigenvalue weighted by Gasteiger charge is -2.61. The normalized spacial score (nSPS) is 61.0. The van der Waals surface area contributed by atoms with Gasteiger partial charge in [0.1, 0.15) is 6.61 Å². The first-order valence-corrected chi connectivity index (χ1v) is 8.75. The van der Waals surface area contributed by atoms with Crippen LogP contribution in [-0.4, -0.2) is 36.4 Å². The van der Waals surface area contributed by atoms with Crippen LogP contribution < -0.4 is 0 Å². The summed E-state index contributed by atoms with van der Waals surface area (Å²) in [4.78, 5) is 24.5. The number of hydrogen-bond acceptors (Lipinski definition) is 6. The molecule has 5 aliphatic heterocycles. The van der Waals surface area contributed by atoms with Gasteiger partial charge in [-0.3, -0.25) is 4.79 Å². The quantitative estimate of drug-likeness (QED) is 0.636. The molecule has 6 nitrogen and oxygen atoms in total. The molecule has 0 aromatic heterocycles. The second-order valence-electron chi connectivity index (χ2n) is 8.34. The number of ether oxygens (including phenoxy) is 3. The number of ketones is 1. The zero-order chi connectivity index (χ0) is 16.0. The van der Waals surface area contributed by atoms with Crippen LogP contribution in [-0.2, 0) is 28.8 Å². The van der Waals surface area contributed by atoms with Crippen LogP contribution in [0.3, 0.4) is 0 Å².